The van der Waals surface area contributed by atoms with Crippen LogP contribution in [0.5, 0.6) is 0 Å². The molecule has 2 nitrogen and oxygen atoms in total. The third-order valence-corrected chi connectivity index (χ3v) is 0.743. The average Bonchev–Trinajstić information content (AvgIpc) is 1.72. The fourth-order valence-electron chi connectivity index (χ4n) is 0.329. The van der Waals surface area contributed by atoms with Gasteiger partial charge >= 0.3 is 0 Å². The third-order valence-electron chi connectivity index (χ3n) is 0.743. The molecule has 0 fully saturated rings. The molecule has 0 rings (SSSR count). The van der Waals surface area contributed by atoms with Gasteiger partial charge in [0.15, 0.2) is 0 Å². The highest BCUT2D eigenvalue weighted by Gasteiger charge is 1.77. The topological polar surface area (TPSA) is 24.1 Å². The summed E-state index contributed by atoms with van der Waals surface area (Å²) in [4.78, 5) is 0. The van der Waals surface area contributed by atoms with Crippen LogP contribution in [-0.4, -0.2) is 14.1 Å². The second-order valence-electron chi connectivity index (χ2n) is 1.12. The first-order valence-electron chi connectivity index (χ1n) is 2.20. The number of hydrogen-bond acceptors (Lipinski definition) is 2. The lowest BCUT2D eigenvalue weighted by Gasteiger charge is -2.01. The van der Waals surface area contributed by atoms with Crippen molar-refractivity contribution in [3.8, 4) is 0 Å². The second-order valence-corrected chi connectivity index (χ2v) is 1.12. The van der Waals surface area contributed by atoms with Gasteiger partial charge in [-0.3, -0.25) is 0 Å². The van der Waals surface area contributed by atoms with E-state index in [4.69, 9.17) is 0 Å². The van der Waals surface area contributed by atoms with Crippen LogP contribution in [0.15, 0.2) is 11.9 Å². The number of nitrogens with one attached hydrogen (secondary N) is 2. The average molecular weight is 99.2 g/mol. The molecule has 0 saturated heterocycles. The van der Waals surface area contributed by atoms with Crippen LogP contribution in [0.4, 0.5) is 0 Å². The summed E-state index contributed by atoms with van der Waals surface area (Å²) in [5.74, 6) is 0.944. The van der Waals surface area contributed by atoms with Crippen molar-refractivity contribution >= 4 is 0 Å². The Bertz CT molecular complexity index is 60.5. The summed E-state index contributed by atoms with van der Waals surface area (Å²) in [5, 5.41) is 5.78. The van der Waals surface area contributed by atoms with E-state index < -0.39 is 0 Å². The van der Waals surface area contributed by atoms with Crippen molar-refractivity contribution in [2.24, 2.45) is 0 Å². The van der Waals surface area contributed by atoms with Crippen LogP contribution >= 0.6 is 0 Å². The van der Waals surface area contributed by atoms with Crippen LogP contribution in [0.1, 0.15) is 0 Å². The molecule has 7 heavy (non-hydrogen) atoms. The Labute approximate surface area is 44.6 Å². The molecule has 0 saturated carbocycles. The largest absolute Gasteiger partial charge is 0.375 e. The molecular weight excluding hydrogens is 88.1 g/mol. The van der Waals surface area contributed by atoms with E-state index in [2.05, 4.69) is 17.6 Å². The van der Waals surface area contributed by atoms with Crippen LogP contribution in [0.3, 0.4) is 0 Å². The molecule has 0 heterocycles. The van der Waals surface area contributed by atoms with E-state index in [0.717, 1.165) is 5.82 Å². The summed E-state index contributed by atoms with van der Waals surface area (Å²) >= 11 is 0. The van der Waals surface area contributed by atoms with Crippen LogP contribution in [-0.2, 0) is 0 Å². The van der Waals surface area contributed by atoms with Crippen molar-refractivity contribution in [1.82, 2.24) is 10.6 Å². The van der Waals surface area contributed by atoms with Gasteiger partial charge in [-0.1, -0.05) is 0 Å². The van der Waals surface area contributed by atoms with E-state index in [1.165, 1.54) is 0 Å². The van der Waals surface area contributed by atoms with E-state index in [-0.39, 0.29) is 0 Å². The lowest BCUT2D eigenvalue weighted by molar-refractivity contribution is 0.837. The van der Waals surface area contributed by atoms with Gasteiger partial charge in [0.05, 0.1) is 5.82 Å². The minimum absolute atomic E-state index is 0.944. The molecule has 0 spiro atoms. The Balaban J connectivity index is 3.38. The summed E-state index contributed by atoms with van der Waals surface area (Å²) in [6, 6.07) is 0. The minimum Gasteiger partial charge on any atom is -0.375 e. The van der Waals surface area contributed by atoms with Crippen LogP contribution in [0.2, 0.25) is 0 Å². The quantitative estimate of drug-likeness (QED) is 0.513. The van der Waals surface area contributed by atoms with Crippen LogP contribution in [0.25, 0.3) is 0 Å². The standard InChI is InChI=1S/C5H11N2/c1-4-5(6-2)7-3/h4,6-7H,1H2,2-3H3. The maximum absolute atomic E-state index is 3.54. The van der Waals surface area contributed by atoms with Crippen molar-refractivity contribution in [2.45, 2.75) is 0 Å². The Morgan fingerprint density at radius 3 is 1.86 bits per heavy atom. The maximum atomic E-state index is 3.54. The predicted molar refractivity (Wildman–Crippen MR) is 31.6 cm³/mol. The molecule has 0 bridgehead atoms. The summed E-state index contributed by atoms with van der Waals surface area (Å²) in [6.45, 7) is 3.54. The molecule has 0 aliphatic rings. The molecule has 0 amide bonds. The highest BCUT2D eigenvalue weighted by molar-refractivity contribution is 4.96. The van der Waals surface area contributed by atoms with E-state index in [0.29, 0.717) is 0 Å². The SMILES string of the molecule is [CH2]C=C(NC)NC. The van der Waals surface area contributed by atoms with Crippen molar-refractivity contribution in [3.63, 3.8) is 0 Å². The molecule has 0 atom stereocenters. The van der Waals surface area contributed by atoms with Gasteiger partial charge < -0.3 is 10.6 Å². The van der Waals surface area contributed by atoms with Gasteiger partial charge in [0.2, 0.25) is 0 Å². The van der Waals surface area contributed by atoms with Gasteiger partial charge in [-0.2, -0.15) is 0 Å². The Hall–Kier alpha value is -0.660. The van der Waals surface area contributed by atoms with E-state index in [9.17, 15) is 0 Å². The normalized spacial score (nSPS) is 7.29. The van der Waals surface area contributed by atoms with Crippen molar-refractivity contribution < 1.29 is 0 Å². The van der Waals surface area contributed by atoms with E-state index in [1.54, 1.807) is 6.08 Å². The molecule has 0 aromatic rings. The fourth-order valence-corrected chi connectivity index (χ4v) is 0.329. The molecule has 0 aliphatic carbocycles. The highest BCUT2D eigenvalue weighted by Crippen LogP contribution is 1.73. The van der Waals surface area contributed by atoms with Crippen molar-refractivity contribution in [3.05, 3.63) is 18.8 Å². The smallest absolute Gasteiger partial charge is 0.0940 e. The Morgan fingerprint density at radius 1 is 1.43 bits per heavy atom. The number of allylic oxidation sites excluding steroid dienone is 1. The summed E-state index contributed by atoms with van der Waals surface area (Å²) in [6.07, 6.45) is 1.72. The molecular formula is C5H11N2. The number of hydrogen-bond donors (Lipinski definition) is 2. The molecule has 1 radical (unpaired) electrons. The van der Waals surface area contributed by atoms with Gasteiger partial charge in [-0.15, -0.1) is 0 Å². The maximum Gasteiger partial charge on any atom is 0.0940 e. The molecule has 0 aromatic carbocycles. The Kier molecular flexibility index (Phi) is 3.19. The monoisotopic (exact) mass is 99.1 g/mol. The van der Waals surface area contributed by atoms with Gasteiger partial charge in [0.1, 0.15) is 0 Å². The summed E-state index contributed by atoms with van der Waals surface area (Å²) in [5.41, 5.74) is 0. The second kappa shape index (κ2) is 3.53. The van der Waals surface area contributed by atoms with Crippen molar-refractivity contribution in [1.29, 1.82) is 0 Å². The molecule has 0 unspecified atom stereocenters. The van der Waals surface area contributed by atoms with Gasteiger partial charge in [-0.25, -0.2) is 0 Å². The zero-order valence-corrected chi connectivity index (χ0v) is 4.78. The molecule has 41 valence electrons. The lowest BCUT2D eigenvalue weighted by atomic mass is 10.6. The first-order valence-corrected chi connectivity index (χ1v) is 2.20. The molecule has 0 aromatic heterocycles. The molecule has 2 N–H and O–H groups in total. The van der Waals surface area contributed by atoms with E-state index in [1.807, 2.05) is 14.1 Å². The predicted octanol–water partition coefficient (Wildman–Crippen LogP) is 0.101. The number of rotatable bonds is 2. The lowest BCUT2D eigenvalue weighted by Crippen LogP contribution is -2.18. The van der Waals surface area contributed by atoms with Gasteiger partial charge in [0.25, 0.3) is 0 Å². The first kappa shape index (κ1) is 6.34. The zero-order chi connectivity index (χ0) is 5.70. The fraction of sp³-hybridized carbons (Fsp3) is 0.400. The van der Waals surface area contributed by atoms with Crippen LogP contribution < -0.4 is 10.6 Å². The minimum atomic E-state index is 0.944. The zero-order valence-electron chi connectivity index (χ0n) is 4.78. The first-order chi connectivity index (χ1) is 3.35. The van der Waals surface area contributed by atoms with Gasteiger partial charge in [0, 0.05) is 14.1 Å². The summed E-state index contributed by atoms with van der Waals surface area (Å²) < 4.78 is 0. The molecule has 2 heteroatoms. The van der Waals surface area contributed by atoms with Crippen LogP contribution in [0, 0.1) is 6.92 Å². The van der Waals surface area contributed by atoms with Crippen molar-refractivity contribution in [2.75, 3.05) is 14.1 Å². The third kappa shape index (κ3) is 2.09. The van der Waals surface area contributed by atoms with Gasteiger partial charge in [-0.05, 0) is 13.0 Å². The van der Waals surface area contributed by atoms with E-state index >= 15 is 0 Å². The Morgan fingerprint density at radius 2 is 1.86 bits per heavy atom. The molecule has 0 aliphatic heterocycles. The highest BCUT2D eigenvalue weighted by atomic mass is 15.0. The summed E-state index contributed by atoms with van der Waals surface area (Å²) in [7, 11) is 3.68.